The molecule has 25 heavy (non-hydrogen) atoms. The average molecular weight is 337 g/mol. The Hall–Kier alpha value is -2.34. The lowest BCUT2D eigenvalue weighted by atomic mass is 9.85. The number of aromatic nitrogens is 3. The Labute approximate surface area is 147 Å². The molecule has 1 spiro atoms. The van der Waals surface area contributed by atoms with E-state index < -0.39 is 0 Å². The maximum Gasteiger partial charge on any atom is 0.230 e. The fraction of sp³-hybridized carbons (Fsp3) is 0.474. The lowest BCUT2D eigenvalue weighted by Crippen LogP contribution is -2.36. The molecular formula is C19H23N5O. The van der Waals surface area contributed by atoms with Gasteiger partial charge < -0.3 is 4.90 Å². The van der Waals surface area contributed by atoms with Crippen molar-refractivity contribution in [2.45, 2.75) is 32.9 Å². The monoisotopic (exact) mass is 337 g/mol. The highest BCUT2D eigenvalue weighted by Crippen LogP contribution is 2.41. The van der Waals surface area contributed by atoms with Gasteiger partial charge in [0.1, 0.15) is 0 Å². The molecule has 130 valence electrons. The van der Waals surface area contributed by atoms with Crippen molar-refractivity contribution in [2.75, 3.05) is 19.6 Å². The van der Waals surface area contributed by atoms with Gasteiger partial charge in [0.05, 0.1) is 29.0 Å². The standard InChI is InChI=1S/C19H23N5O/c1-15-10-22-17(11-21-15)12-23-8-5-19(14-23)6-9-24(18(19)25)13-16-4-2-3-7-20-16/h2-4,7,10-11H,5-6,8-9,12-14H2,1H3. The van der Waals surface area contributed by atoms with Crippen LogP contribution < -0.4 is 0 Å². The van der Waals surface area contributed by atoms with E-state index in [9.17, 15) is 4.79 Å². The third-order valence-electron chi connectivity index (χ3n) is 5.33. The van der Waals surface area contributed by atoms with Crippen LogP contribution in [-0.2, 0) is 17.9 Å². The number of carbonyl (C=O) groups is 1. The van der Waals surface area contributed by atoms with Crippen LogP contribution >= 0.6 is 0 Å². The number of aryl methyl sites for hydroxylation is 1. The fourth-order valence-electron chi connectivity index (χ4n) is 3.93. The molecule has 6 nitrogen and oxygen atoms in total. The second kappa shape index (κ2) is 6.52. The molecule has 0 aliphatic carbocycles. The first kappa shape index (κ1) is 16.1. The molecular weight excluding hydrogens is 314 g/mol. The minimum Gasteiger partial charge on any atom is -0.336 e. The highest BCUT2D eigenvalue weighted by molar-refractivity contribution is 5.85. The van der Waals surface area contributed by atoms with Crippen LogP contribution in [0.2, 0.25) is 0 Å². The van der Waals surface area contributed by atoms with Crippen molar-refractivity contribution in [3.63, 3.8) is 0 Å². The van der Waals surface area contributed by atoms with Crippen LogP contribution in [0.15, 0.2) is 36.8 Å². The van der Waals surface area contributed by atoms with Gasteiger partial charge in [-0.1, -0.05) is 6.07 Å². The third-order valence-corrected chi connectivity index (χ3v) is 5.33. The van der Waals surface area contributed by atoms with E-state index >= 15 is 0 Å². The molecule has 2 saturated heterocycles. The molecule has 1 amide bonds. The van der Waals surface area contributed by atoms with E-state index in [0.29, 0.717) is 6.54 Å². The van der Waals surface area contributed by atoms with Crippen LogP contribution in [0.1, 0.15) is 29.9 Å². The summed E-state index contributed by atoms with van der Waals surface area (Å²) in [6, 6.07) is 5.85. The van der Waals surface area contributed by atoms with Gasteiger partial charge in [0.15, 0.2) is 0 Å². The quantitative estimate of drug-likeness (QED) is 0.851. The van der Waals surface area contributed by atoms with Gasteiger partial charge in [0.2, 0.25) is 5.91 Å². The zero-order valence-corrected chi connectivity index (χ0v) is 14.6. The number of amides is 1. The van der Waals surface area contributed by atoms with Gasteiger partial charge in [0, 0.05) is 38.2 Å². The predicted molar refractivity (Wildman–Crippen MR) is 93.4 cm³/mol. The molecule has 1 atom stereocenters. The Kier molecular flexibility index (Phi) is 4.21. The van der Waals surface area contributed by atoms with E-state index in [2.05, 4.69) is 19.9 Å². The molecule has 0 bridgehead atoms. The molecule has 2 aliphatic heterocycles. The summed E-state index contributed by atoms with van der Waals surface area (Å²) in [5, 5.41) is 0. The summed E-state index contributed by atoms with van der Waals surface area (Å²) in [4.78, 5) is 30.4. The summed E-state index contributed by atoms with van der Waals surface area (Å²) < 4.78 is 0. The SMILES string of the molecule is Cc1cnc(CN2CCC3(CCN(Cc4ccccn4)C3=O)C2)cn1. The number of likely N-dealkylation sites (tertiary alicyclic amines) is 2. The van der Waals surface area contributed by atoms with Gasteiger partial charge in [0.25, 0.3) is 0 Å². The molecule has 0 radical (unpaired) electrons. The smallest absolute Gasteiger partial charge is 0.230 e. The summed E-state index contributed by atoms with van der Waals surface area (Å²) in [5.41, 5.74) is 2.64. The molecule has 4 rings (SSSR count). The number of hydrogen-bond acceptors (Lipinski definition) is 5. The van der Waals surface area contributed by atoms with E-state index in [-0.39, 0.29) is 11.3 Å². The van der Waals surface area contributed by atoms with E-state index in [4.69, 9.17) is 0 Å². The molecule has 2 aromatic heterocycles. The highest BCUT2D eigenvalue weighted by Gasteiger charge is 2.50. The van der Waals surface area contributed by atoms with Crippen LogP contribution in [0.5, 0.6) is 0 Å². The number of hydrogen-bond donors (Lipinski definition) is 0. The first-order chi connectivity index (χ1) is 12.1. The summed E-state index contributed by atoms with van der Waals surface area (Å²) in [6.45, 7) is 5.91. The topological polar surface area (TPSA) is 62.2 Å². The maximum absolute atomic E-state index is 13.0. The maximum atomic E-state index is 13.0. The zero-order chi connectivity index (χ0) is 17.3. The number of nitrogens with zero attached hydrogens (tertiary/aromatic N) is 5. The molecule has 2 aliphatic rings. The van der Waals surface area contributed by atoms with Crippen molar-refractivity contribution in [3.8, 4) is 0 Å². The number of pyridine rings is 1. The zero-order valence-electron chi connectivity index (χ0n) is 14.6. The predicted octanol–water partition coefficient (Wildman–Crippen LogP) is 1.80. The van der Waals surface area contributed by atoms with Crippen LogP contribution in [-0.4, -0.2) is 50.3 Å². The van der Waals surface area contributed by atoms with Crippen LogP contribution in [0.25, 0.3) is 0 Å². The van der Waals surface area contributed by atoms with Crippen molar-refractivity contribution in [2.24, 2.45) is 5.41 Å². The Bertz CT molecular complexity index is 748. The molecule has 0 N–H and O–H groups in total. The lowest BCUT2D eigenvalue weighted by molar-refractivity contribution is -0.136. The highest BCUT2D eigenvalue weighted by atomic mass is 16.2. The van der Waals surface area contributed by atoms with Gasteiger partial charge in [-0.2, -0.15) is 0 Å². The second-order valence-corrected chi connectivity index (χ2v) is 7.19. The Balaban J connectivity index is 1.40. The summed E-state index contributed by atoms with van der Waals surface area (Å²) in [7, 11) is 0. The molecule has 1 unspecified atom stereocenters. The molecule has 0 saturated carbocycles. The van der Waals surface area contributed by atoms with E-state index in [1.165, 1.54) is 0 Å². The Morgan fingerprint density at radius 3 is 2.68 bits per heavy atom. The second-order valence-electron chi connectivity index (χ2n) is 7.19. The van der Waals surface area contributed by atoms with Gasteiger partial charge in [-0.05, 0) is 38.4 Å². The molecule has 6 heteroatoms. The summed E-state index contributed by atoms with van der Waals surface area (Å²) >= 11 is 0. The molecule has 0 aromatic carbocycles. The summed E-state index contributed by atoms with van der Waals surface area (Å²) in [5.74, 6) is 0.288. The lowest BCUT2D eigenvalue weighted by Gasteiger charge is -2.23. The first-order valence-corrected chi connectivity index (χ1v) is 8.84. The Morgan fingerprint density at radius 2 is 1.92 bits per heavy atom. The minimum absolute atomic E-state index is 0.215. The average Bonchev–Trinajstić information content (AvgIpc) is 3.17. The fourth-order valence-corrected chi connectivity index (χ4v) is 3.93. The molecule has 4 heterocycles. The summed E-state index contributed by atoms with van der Waals surface area (Å²) in [6.07, 6.45) is 7.30. The van der Waals surface area contributed by atoms with Crippen molar-refractivity contribution >= 4 is 5.91 Å². The van der Waals surface area contributed by atoms with Crippen molar-refractivity contribution < 1.29 is 4.79 Å². The Morgan fingerprint density at radius 1 is 1.04 bits per heavy atom. The third kappa shape index (κ3) is 3.26. The van der Waals surface area contributed by atoms with Gasteiger partial charge in [-0.25, -0.2) is 0 Å². The van der Waals surface area contributed by atoms with Crippen molar-refractivity contribution in [3.05, 3.63) is 53.9 Å². The van der Waals surface area contributed by atoms with Crippen molar-refractivity contribution in [1.29, 1.82) is 0 Å². The van der Waals surface area contributed by atoms with Gasteiger partial charge in [-0.15, -0.1) is 0 Å². The molecule has 2 fully saturated rings. The first-order valence-electron chi connectivity index (χ1n) is 8.84. The normalized spacial score (nSPS) is 23.7. The van der Waals surface area contributed by atoms with Crippen molar-refractivity contribution in [1.82, 2.24) is 24.8 Å². The van der Waals surface area contributed by atoms with Gasteiger partial charge in [-0.3, -0.25) is 24.6 Å². The number of rotatable bonds is 4. The van der Waals surface area contributed by atoms with E-state index in [0.717, 1.165) is 56.1 Å². The number of carbonyl (C=O) groups excluding carboxylic acids is 1. The van der Waals surface area contributed by atoms with Crippen LogP contribution in [0.3, 0.4) is 0 Å². The molecule has 2 aromatic rings. The van der Waals surface area contributed by atoms with Crippen LogP contribution in [0.4, 0.5) is 0 Å². The minimum atomic E-state index is -0.215. The van der Waals surface area contributed by atoms with E-state index in [1.54, 1.807) is 12.4 Å². The van der Waals surface area contributed by atoms with E-state index in [1.807, 2.05) is 36.2 Å². The van der Waals surface area contributed by atoms with Crippen LogP contribution in [0, 0.1) is 12.3 Å². The largest absolute Gasteiger partial charge is 0.336 e. The van der Waals surface area contributed by atoms with Gasteiger partial charge >= 0.3 is 0 Å².